The van der Waals surface area contributed by atoms with E-state index in [1.807, 2.05) is 31.6 Å². The molecule has 0 spiro atoms. The van der Waals surface area contributed by atoms with E-state index in [-0.39, 0.29) is 11.6 Å². The number of benzene rings is 1. The fourth-order valence-corrected chi connectivity index (χ4v) is 4.58. The molecule has 0 amide bonds. The van der Waals surface area contributed by atoms with Crippen LogP contribution in [-0.2, 0) is 13.0 Å². The van der Waals surface area contributed by atoms with Gasteiger partial charge in [-0.25, -0.2) is 19.7 Å². The maximum absolute atomic E-state index is 11.1. The maximum atomic E-state index is 11.1. The number of carbonyl (C=O) groups is 1. The summed E-state index contributed by atoms with van der Waals surface area (Å²) in [5.41, 5.74) is 10.6. The third-order valence-electron chi connectivity index (χ3n) is 6.40. The average molecular weight is 472 g/mol. The highest BCUT2D eigenvalue weighted by atomic mass is 16.4. The van der Waals surface area contributed by atoms with E-state index in [4.69, 9.17) is 20.8 Å². The minimum atomic E-state index is -0.943. The van der Waals surface area contributed by atoms with Crippen molar-refractivity contribution in [2.24, 2.45) is 5.73 Å². The maximum Gasteiger partial charge on any atom is 0.335 e. The minimum Gasteiger partial charge on any atom is -0.478 e. The summed E-state index contributed by atoms with van der Waals surface area (Å²) >= 11 is 0. The van der Waals surface area contributed by atoms with Crippen LogP contribution in [0.15, 0.2) is 48.9 Å². The number of hydrogen-bond acceptors (Lipinski definition) is 7. The third kappa shape index (κ3) is 5.00. The topological polar surface area (TPSA) is 132 Å². The molecule has 35 heavy (non-hydrogen) atoms. The van der Waals surface area contributed by atoms with Crippen LogP contribution >= 0.6 is 0 Å². The van der Waals surface area contributed by atoms with E-state index in [2.05, 4.69) is 19.9 Å². The fraction of sp³-hybridized carbons (Fsp3) is 0.346. The van der Waals surface area contributed by atoms with Crippen LogP contribution in [0.4, 0.5) is 5.82 Å². The monoisotopic (exact) mass is 471 g/mol. The summed E-state index contributed by atoms with van der Waals surface area (Å²) in [6, 6.07) is 11.0. The predicted octanol–water partition coefficient (Wildman–Crippen LogP) is 4.20. The Bertz CT molecular complexity index is 1320. The van der Waals surface area contributed by atoms with E-state index < -0.39 is 5.97 Å². The number of nitrogens with one attached hydrogen (secondary N) is 1. The summed E-state index contributed by atoms with van der Waals surface area (Å²) in [6.07, 6.45) is 9.07. The minimum absolute atomic E-state index is 0.0375. The molecule has 0 bridgehead atoms. The number of anilines is 1. The van der Waals surface area contributed by atoms with Gasteiger partial charge in [0.05, 0.1) is 17.6 Å². The van der Waals surface area contributed by atoms with Crippen molar-refractivity contribution < 1.29 is 9.90 Å². The van der Waals surface area contributed by atoms with E-state index in [9.17, 15) is 4.79 Å². The van der Waals surface area contributed by atoms with Crippen LogP contribution in [0.3, 0.4) is 0 Å². The number of aromatic carboxylic acids is 1. The van der Waals surface area contributed by atoms with Crippen LogP contribution < -0.4 is 11.1 Å². The molecule has 3 aromatic heterocycles. The second kappa shape index (κ2) is 9.79. The van der Waals surface area contributed by atoms with Crippen molar-refractivity contribution in [3.63, 3.8) is 0 Å². The van der Waals surface area contributed by atoms with Gasteiger partial charge in [0, 0.05) is 36.8 Å². The highest BCUT2D eigenvalue weighted by Crippen LogP contribution is 2.32. The Kier molecular flexibility index (Phi) is 6.41. The number of hydrogen-bond donors (Lipinski definition) is 3. The van der Waals surface area contributed by atoms with Crippen molar-refractivity contribution in [1.82, 2.24) is 24.5 Å². The van der Waals surface area contributed by atoms with Gasteiger partial charge in [0.2, 0.25) is 0 Å². The fourth-order valence-electron chi connectivity index (χ4n) is 4.58. The lowest BCUT2D eigenvalue weighted by atomic mass is 10.1. The van der Waals surface area contributed by atoms with Crippen molar-refractivity contribution in [2.75, 3.05) is 5.32 Å². The summed E-state index contributed by atoms with van der Waals surface area (Å²) in [5.74, 6) is 0.477. The summed E-state index contributed by atoms with van der Waals surface area (Å²) in [6.45, 7) is 2.49. The van der Waals surface area contributed by atoms with Gasteiger partial charge >= 0.3 is 5.97 Å². The number of imidazole rings is 1. The predicted molar refractivity (Wildman–Crippen MR) is 134 cm³/mol. The first-order chi connectivity index (χ1) is 17.0. The molecule has 1 unspecified atom stereocenters. The molecule has 0 radical (unpaired) electrons. The van der Waals surface area contributed by atoms with Gasteiger partial charge in [-0.3, -0.25) is 4.98 Å². The molecule has 1 saturated carbocycles. The molecule has 0 aliphatic heterocycles. The van der Waals surface area contributed by atoms with Gasteiger partial charge < -0.3 is 20.7 Å². The Balaban J connectivity index is 1.36. The van der Waals surface area contributed by atoms with Crippen LogP contribution in [0.25, 0.3) is 22.4 Å². The number of nitrogens with two attached hydrogens (primary N) is 1. The quantitative estimate of drug-likeness (QED) is 0.348. The summed E-state index contributed by atoms with van der Waals surface area (Å²) in [7, 11) is 0. The third-order valence-corrected chi connectivity index (χ3v) is 6.40. The van der Waals surface area contributed by atoms with E-state index in [1.165, 1.54) is 12.8 Å². The van der Waals surface area contributed by atoms with E-state index in [0.29, 0.717) is 30.6 Å². The molecule has 4 aromatic rings. The smallest absolute Gasteiger partial charge is 0.335 e. The average Bonchev–Trinajstić information content (AvgIpc) is 3.52. The molecule has 1 aromatic carbocycles. The summed E-state index contributed by atoms with van der Waals surface area (Å²) in [4.78, 5) is 29.8. The first kappa shape index (κ1) is 22.9. The number of nitrogens with zero attached hydrogens (tertiary/aromatic N) is 5. The standard InChI is InChI=1S/C26H29N7O2/c1-16(27)12-22-31-24(23-25(32-22)33(15-30-23)20-4-2-3-5-20)29-14-17-6-11-21(28-13-17)18-7-9-19(10-8-18)26(34)35/h6-11,13,15-16,20H,2-5,12,14,27H2,1H3,(H,34,35)(H,29,31,32). The van der Waals surface area contributed by atoms with Crippen molar-refractivity contribution in [2.45, 2.75) is 57.7 Å². The van der Waals surface area contributed by atoms with Crippen LogP contribution in [0, 0.1) is 0 Å². The van der Waals surface area contributed by atoms with Crippen LogP contribution in [0.2, 0.25) is 0 Å². The molecular formula is C26H29N7O2. The molecule has 1 aliphatic carbocycles. The van der Waals surface area contributed by atoms with Gasteiger partial charge in [-0.15, -0.1) is 0 Å². The lowest BCUT2D eigenvalue weighted by Crippen LogP contribution is -2.20. The number of pyridine rings is 1. The molecule has 1 fully saturated rings. The van der Waals surface area contributed by atoms with Crippen molar-refractivity contribution in [3.05, 3.63) is 65.9 Å². The van der Waals surface area contributed by atoms with Gasteiger partial charge in [0.15, 0.2) is 11.5 Å². The molecule has 4 N–H and O–H groups in total. The molecular weight excluding hydrogens is 442 g/mol. The molecule has 3 heterocycles. The zero-order valence-corrected chi connectivity index (χ0v) is 19.7. The normalized spacial score (nSPS) is 14.9. The number of aromatic nitrogens is 5. The Morgan fingerprint density at radius 1 is 1.14 bits per heavy atom. The SMILES string of the molecule is CC(N)Cc1nc(NCc2ccc(-c3ccc(C(=O)O)cc3)nc2)c2ncn(C3CCCC3)c2n1. The van der Waals surface area contributed by atoms with Crippen LogP contribution in [-0.4, -0.2) is 41.6 Å². The summed E-state index contributed by atoms with van der Waals surface area (Å²) in [5, 5.41) is 12.5. The highest BCUT2D eigenvalue weighted by molar-refractivity contribution is 5.88. The number of rotatable bonds is 8. The number of carboxylic acids is 1. The Morgan fingerprint density at radius 2 is 1.91 bits per heavy atom. The zero-order chi connectivity index (χ0) is 24.4. The molecule has 9 nitrogen and oxygen atoms in total. The number of fused-ring (bicyclic) bond motifs is 1. The van der Waals surface area contributed by atoms with Crippen molar-refractivity contribution >= 4 is 23.0 Å². The lowest BCUT2D eigenvalue weighted by molar-refractivity contribution is 0.0697. The molecule has 180 valence electrons. The molecule has 0 saturated heterocycles. The van der Waals surface area contributed by atoms with E-state index in [1.54, 1.807) is 24.3 Å². The largest absolute Gasteiger partial charge is 0.478 e. The first-order valence-corrected chi connectivity index (χ1v) is 12.0. The Hall–Kier alpha value is -3.85. The van der Waals surface area contributed by atoms with Gasteiger partial charge in [-0.05, 0) is 43.5 Å². The van der Waals surface area contributed by atoms with Gasteiger partial charge in [-0.1, -0.05) is 31.0 Å². The Morgan fingerprint density at radius 3 is 2.57 bits per heavy atom. The van der Waals surface area contributed by atoms with E-state index >= 15 is 0 Å². The van der Waals surface area contributed by atoms with Gasteiger partial charge in [0.25, 0.3) is 0 Å². The van der Waals surface area contributed by atoms with Gasteiger partial charge in [0.1, 0.15) is 11.3 Å². The van der Waals surface area contributed by atoms with Crippen LogP contribution in [0.1, 0.15) is 60.4 Å². The van der Waals surface area contributed by atoms with Crippen molar-refractivity contribution in [1.29, 1.82) is 0 Å². The number of carboxylic acid groups (broad SMARTS) is 1. The lowest BCUT2D eigenvalue weighted by Gasteiger charge is -2.14. The van der Waals surface area contributed by atoms with Gasteiger partial charge in [-0.2, -0.15) is 0 Å². The first-order valence-electron chi connectivity index (χ1n) is 12.0. The summed E-state index contributed by atoms with van der Waals surface area (Å²) < 4.78 is 2.20. The second-order valence-corrected chi connectivity index (χ2v) is 9.22. The van der Waals surface area contributed by atoms with Crippen molar-refractivity contribution in [3.8, 4) is 11.3 Å². The second-order valence-electron chi connectivity index (χ2n) is 9.22. The molecule has 5 rings (SSSR count). The Labute approximate surface area is 203 Å². The van der Waals surface area contributed by atoms with E-state index in [0.717, 1.165) is 40.8 Å². The zero-order valence-electron chi connectivity index (χ0n) is 19.7. The molecule has 9 heteroatoms. The van der Waals surface area contributed by atoms with Crippen LogP contribution in [0.5, 0.6) is 0 Å². The molecule has 1 atom stereocenters. The highest BCUT2D eigenvalue weighted by Gasteiger charge is 2.22. The molecule has 1 aliphatic rings.